The molecule has 0 amide bonds. The van der Waals surface area contributed by atoms with Gasteiger partial charge >= 0.3 is 0 Å². The van der Waals surface area contributed by atoms with Crippen LogP contribution in [-0.4, -0.2) is 73.2 Å². The Balaban J connectivity index is 0.00000625. The smallest absolute Gasteiger partial charge is 0.213 e. The van der Waals surface area contributed by atoms with Crippen LogP contribution in [0.25, 0.3) is 0 Å². The van der Waals surface area contributed by atoms with Gasteiger partial charge in [0, 0.05) is 39.9 Å². The summed E-state index contributed by atoms with van der Waals surface area (Å²) >= 11 is 0. The molecule has 0 aromatic carbocycles. The van der Waals surface area contributed by atoms with E-state index in [-0.39, 0.29) is 29.7 Å². The molecule has 0 saturated heterocycles. The summed E-state index contributed by atoms with van der Waals surface area (Å²) in [6.45, 7) is 6.03. The monoisotopic (exact) mass is 506 g/mol. The van der Waals surface area contributed by atoms with E-state index in [2.05, 4.69) is 20.3 Å². The summed E-state index contributed by atoms with van der Waals surface area (Å²) in [4.78, 5) is 4.42. The Morgan fingerprint density at radius 2 is 1.96 bits per heavy atom. The van der Waals surface area contributed by atoms with E-state index in [4.69, 9.17) is 9.47 Å². The van der Waals surface area contributed by atoms with Gasteiger partial charge in [0.1, 0.15) is 0 Å². The average Bonchev–Trinajstić information content (AvgIpc) is 2.52. The average molecular weight is 506 g/mol. The van der Waals surface area contributed by atoms with Crippen LogP contribution in [0.4, 0.5) is 0 Å². The van der Waals surface area contributed by atoms with Crippen LogP contribution in [0.15, 0.2) is 4.99 Å². The summed E-state index contributed by atoms with van der Waals surface area (Å²) in [6, 6.07) is 0. The van der Waals surface area contributed by atoms with Gasteiger partial charge in [-0.05, 0) is 32.1 Å². The Labute approximate surface area is 175 Å². The molecule has 0 aliphatic heterocycles. The third-order valence-electron chi connectivity index (χ3n) is 3.97. The van der Waals surface area contributed by atoms with Crippen LogP contribution < -0.4 is 15.4 Å². The van der Waals surface area contributed by atoms with E-state index in [1.807, 2.05) is 6.92 Å². The maximum absolute atomic E-state index is 12.0. The summed E-state index contributed by atoms with van der Waals surface area (Å²) in [5, 5.41) is 6.17. The first-order chi connectivity index (χ1) is 12.1. The first-order valence-electron chi connectivity index (χ1n) is 9.13. The topological polar surface area (TPSA) is 101 Å². The molecule has 1 rings (SSSR count). The fraction of sp³-hybridized carbons (Fsp3) is 0.938. The summed E-state index contributed by atoms with van der Waals surface area (Å²) in [6.07, 6.45) is 4.29. The Morgan fingerprint density at radius 1 is 1.19 bits per heavy atom. The fourth-order valence-electron chi connectivity index (χ4n) is 2.26. The number of nitrogens with one attached hydrogen (secondary N) is 3. The number of halogens is 1. The molecular weight excluding hydrogens is 471 g/mol. The second kappa shape index (κ2) is 15.8. The predicted molar refractivity (Wildman–Crippen MR) is 116 cm³/mol. The van der Waals surface area contributed by atoms with Crippen LogP contribution in [0.2, 0.25) is 0 Å². The van der Waals surface area contributed by atoms with Crippen molar-refractivity contribution in [3.05, 3.63) is 0 Å². The minimum Gasteiger partial charge on any atom is -0.382 e. The third kappa shape index (κ3) is 13.1. The number of hydrogen-bond donors (Lipinski definition) is 3. The zero-order valence-corrected chi connectivity index (χ0v) is 19.1. The van der Waals surface area contributed by atoms with Gasteiger partial charge in [0.15, 0.2) is 5.96 Å². The van der Waals surface area contributed by atoms with E-state index in [0.717, 1.165) is 25.8 Å². The summed E-state index contributed by atoms with van der Waals surface area (Å²) in [5.74, 6) is 1.20. The van der Waals surface area contributed by atoms with Crippen molar-refractivity contribution in [1.82, 2.24) is 15.4 Å². The molecule has 1 aliphatic rings. The standard InChI is InChI=1S/C16H34N4O4S.HI/c1-3-17-16(18-8-5-10-24-12-11-23-2)19-9-13-25(21,22)20-14-15-6-4-7-15;/h15,20H,3-14H2,1-2H3,(H2,17,18,19);1H. The Morgan fingerprint density at radius 3 is 2.58 bits per heavy atom. The Kier molecular flexibility index (Phi) is 15.7. The van der Waals surface area contributed by atoms with E-state index in [9.17, 15) is 8.42 Å². The fourth-order valence-corrected chi connectivity index (χ4v) is 3.27. The van der Waals surface area contributed by atoms with E-state index >= 15 is 0 Å². The highest BCUT2D eigenvalue weighted by Crippen LogP contribution is 2.25. The molecule has 0 bridgehead atoms. The highest BCUT2D eigenvalue weighted by Gasteiger charge is 2.19. The molecular formula is C16H35IN4O4S. The van der Waals surface area contributed by atoms with Crippen molar-refractivity contribution in [2.24, 2.45) is 10.9 Å². The molecule has 1 saturated carbocycles. The molecule has 3 N–H and O–H groups in total. The molecule has 8 nitrogen and oxygen atoms in total. The normalized spacial score (nSPS) is 15.2. The van der Waals surface area contributed by atoms with Crippen LogP contribution in [0.3, 0.4) is 0 Å². The van der Waals surface area contributed by atoms with Crippen LogP contribution in [0.1, 0.15) is 32.6 Å². The molecule has 0 aromatic rings. The van der Waals surface area contributed by atoms with Gasteiger partial charge < -0.3 is 20.1 Å². The lowest BCUT2D eigenvalue weighted by atomic mass is 9.86. The summed E-state index contributed by atoms with van der Waals surface area (Å²) in [7, 11) is -1.58. The van der Waals surface area contributed by atoms with E-state index in [1.54, 1.807) is 7.11 Å². The van der Waals surface area contributed by atoms with Gasteiger partial charge in [-0.3, -0.25) is 4.99 Å². The number of guanidine groups is 1. The molecule has 0 unspecified atom stereocenters. The SMILES string of the molecule is CCNC(=NCCCOCCOC)NCCS(=O)(=O)NCC1CCC1.I. The molecule has 156 valence electrons. The zero-order valence-electron chi connectivity index (χ0n) is 16.0. The lowest BCUT2D eigenvalue weighted by Crippen LogP contribution is -2.42. The van der Waals surface area contributed by atoms with Gasteiger partial charge in [0.05, 0.1) is 19.0 Å². The number of nitrogens with zero attached hydrogens (tertiary/aromatic N) is 1. The quantitative estimate of drug-likeness (QED) is 0.140. The molecule has 1 fully saturated rings. The molecule has 26 heavy (non-hydrogen) atoms. The maximum Gasteiger partial charge on any atom is 0.213 e. The number of methoxy groups -OCH3 is 1. The molecule has 10 heteroatoms. The lowest BCUT2D eigenvalue weighted by Gasteiger charge is -2.25. The number of ether oxygens (including phenoxy) is 2. The number of sulfonamides is 1. The van der Waals surface area contributed by atoms with E-state index in [1.165, 1.54) is 6.42 Å². The van der Waals surface area contributed by atoms with Gasteiger partial charge in [0.25, 0.3) is 0 Å². The van der Waals surface area contributed by atoms with Crippen molar-refractivity contribution in [1.29, 1.82) is 0 Å². The first kappa shape index (κ1) is 25.8. The maximum atomic E-state index is 12.0. The van der Waals surface area contributed by atoms with Gasteiger partial charge in [-0.2, -0.15) is 0 Å². The molecule has 0 heterocycles. The van der Waals surface area contributed by atoms with Gasteiger partial charge in [-0.25, -0.2) is 13.1 Å². The highest BCUT2D eigenvalue weighted by molar-refractivity contribution is 14.0. The number of hydrogen-bond acceptors (Lipinski definition) is 5. The number of aliphatic imine (C=N–C) groups is 1. The van der Waals surface area contributed by atoms with Crippen molar-refractivity contribution < 1.29 is 17.9 Å². The minimum atomic E-state index is -3.23. The second-order valence-electron chi connectivity index (χ2n) is 6.11. The van der Waals surface area contributed by atoms with Gasteiger partial charge in [-0.15, -0.1) is 24.0 Å². The van der Waals surface area contributed by atoms with E-state index in [0.29, 0.717) is 51.3 Å². The Bertz CT molecular complexity index is 473. The third-order valence-corrected chi connectivity index (χ3v) is 5.32. The van der Waals surface area contributed by atoms with Crippen LogP contribution in [-0.2, 0) is 19.5 Å². The van der Waals surface area contributed by atoms with Crippen LogP contribution in [0, 0.1) is 5.92 Å². The largest absolute Gasteiger partial charge is 0.382 e. The Hall–Kier alpha value is -0.170. The van der Waals surface area contributed by atoms with Crippen molar-refractivity contribution in [3.8, 4) is 0 Å². The van der Waals surface area contributed by atoms with Crippen molar-refractivity contribution >= 4 is 40.0 Å². The van der Waals surface area contributed by atoms with Gasteiger partial charge in [0.2, 0.25) is 10.0 Å². The van der Waals surface area contributed by atoms with Gasteiger partial charge in [-0.1, -0.05) is 6.42 Å². The molecule has 0 aromatic heterocycles. The zero-order chi connectivity index (χ0) is 18.4. The first-order valence-corrected chi connectivity index (χ1v) is 10.8. The summed E-state index contributed by atoms with van der Waals surface area (Å²) in [5.41, 5.74) is 0. The number of rotatable bonds is 14. The molecule has 1 aliphatic carbocycles. The lowest BCUT2D eigenvalue weighted by molar-refractivity contribution is 0.0702. The molecule has 0 radical (unpaired) electrons. The van der Waals surface area contributed by atoms with Crippen LogP contribution >= 0.6 is 24.0 Å². The van der Waals surface area contributed by atoms with Crippen molar-refractivity contribution in [2.75, 3.05) is 58.9 Å². The summed E-state index contributed by atoms with van der Waals surface area (Å²) < 4.78 is 36.9. The van der Waals surface area contributed by atoms with Crippen LogP contribution in [0.5, 0.6) is 0 Å². The van der Waals surface area contributed by atoms with Crippen molar-refractivity contribution in [2.45, 2.75) is 32.6 Å². The highest BCUT2D eigenvalue weighted by atomic mass is 127. The molecule has 0 atom stereocenters. The molecule has 0 spiro atoms. The predicted octanol–water partition coefficient (Wildman–Crippen LogP) is 0.932. The second-order valence-corrected chi connectivity index (χ2v) is 8.04. The minimum absolute atomic E-state index is 0. The van der Waals surface area contributed by atoms with E-state index < -0.39 is 10.0 Å². The van der Waals surface area contributed by atoms with Crippen molar-refractivity contribution in [3.63, 3.8) is 0 Å².